The van der Waals surface area contributed by atoms with Gasteiger partial charge in [0, 0.05) is 17.1 Å². The molecule has 4 rings (SSSR count). The lowest BCUT2D eigenvalue weighted by atomic mass is 10.1. The molecule has 2 aromatic carbocycles. The minimum absolute atomic E-state index is 0.223. The Labute approximate surface area is 170 Å². The Hall–Kier alpha value is -3.03. The van der Waals surface area contributed by atoms with E-state index in [0.29, 0.717) is 10.5 Å². The van der Waals surface area contributed by atoms with E-state index in [1.807, 2.05) is 30.3 Å². The smallest absolute Gasteiger partial charge is 0.331 e. The molecule has 1 aromatic heterocycles. The molecule has 5 nitrogen and oxygen atoms in total. The number of aliphatic carboxylic acids is 1. The van der Waals surface area contributed by atoms with Crippen LogP contribution in [0.3, 0.4) is 0 Å². The Morgan fingerprint density at radius 2 is 1.86 bits per heavy atom. The van der Waals surface area contributed by atoms with E-state index in [4.69, 9.17) is 12.2 Å². The number of rotatable bonds is 4. The largest absolute Gasteiger partial charge is 0.479 e. The zero-order chi connectivity index (χ0) is 19.7. The van der Waals surface area contributed by atoms with Crippen LogP contribution in [0.5, 0.6) is 0 Å². The van der Waals surface area contributed by atoms with Crippen molar-refractivity contribution in [2.75, 3.05) is 0 Å². The lowest BCUT2D eigenvalue weighted by molar-refractivity contribution is -0.145. The lowest BCUT2D eigenvalue weighted by Crippen LogP contribution is -2.37. The van der Waals surface area contributed by atoms with Crippen LogP contribution in [0.2, 0.25) is 0 Å². The van der Waals surface area contributed by atoms with E-state index < -0.39 is 17.9 Å². The van der Waals surface area contributed by atoms with Gasteiger partial charge in [-0.3, -0.25) is 14.7 Å². The molecular formula is C21H14N2O3S2. The molecule has 0 bridgehead atoms. The third kappa shape index (κ3) is 3.30. The van der Waals surface area contributed by atoms with Gasteiger partial charge in [-0.15, -0.1) is 0 Å². The highest BCUT2D eigenvalue weighted by Crippen LogP contribution is 2.38. The number of para-hydroxylation sites is 1. The number of thiocarbonyl (C=S) groups is 1. The van der Waals surface area contributed by atoms with Crippen LogP contribution in [0.4, 0.5) is 0 Å². The van der Waals surface area contributed by atoms with Gasteiger partial charge in [0.25, 0.3) is 5.91 Å². The number of benzene rings is 2. The highest BCUT2D eigenvalue weighted by atomic mass is 32.2. The second-order valence-corrected chi connectivity index (χ2v) is 7.80. The second-order valence-electron chi connectivity index (χ2n) is 6.13. The van der Waals surface area contributed by atoms with E-state index in [1.54, 1.807) is 42.6 Å². The number of hydrogen-bond donors (Lipinski definition) is 1. The highest BCUT2D eigenvalue weighted by molar-refractivity contribution is 8.26. The Bertz CT molecular complexity index is 1120. The van der Waals surface area contributed by atoms with E-state index in [9.17, 15) is 14.7 Å². The molecule has 28 heavy (non-hydrogen) atoms. The molecule has 138 valence electrons. The van der Waals surface area contributed by atoms with Crippen molar-refractivity contribution in [1.29, 1.82) is 0 Å². The summed E-state index contributed by atoms with van der Waals surface area (Å²) in [5.74, 6) is -1.55. The first-order valence-electron chi connectivity index (χ1n) is 8.45. The summed E-state index contributed by atoms with van der Waals surface area (Å²) < 4.78 is 0.223. The van der Waals surface area contributed by atoms with Gasteiger partial charge in [-0.1, -0.05) is 78.6 Å². The Morgan fingerprint density at radius 3 is 2.61 bits per heavy atom. The molecule has 2 heterocycles. The van der Waals surface area contributed by atoms with Crippen molar-refractivity contribution in [3.05, 3.63) is 82.9 Å². The zero-order valence-electron chi connectivity index (χ0n) is 14.5. The maximum absolute atomic E-state index is 13.0. The fourth-order valence-corrected chi connectivity index (χ4v) is 4.43. The van der Waals surface area contributed by atoms with Crippen LogP contribution in [0.1, 0.15) is 17.2 Å². The minimum atomic E-state index is -1.16. The molecule has 1 aliphatic rings. The maximum Gasteiger partial charge on any atom is 0.331 e. The predicted octanol–water partition coefficient (Wildman–Crippen LogP) is 4.26. The SMILES string of the molecule is O=C(O)[C@@H](c1ccccc1)N1C(=O)/C(=C/c2cccc3cccnc23)SC1=S. The zero-order valence-corrected chi connectivity index (χ0v) is 16.1. The van der Waals surface area contributed by atoms with Crippen LogP contribution in [0.25, 0.3) is 17.0 Å². The molecule has 0 spiro atoms. The van der Waals surface area contributed by atoms with Gasteiger partial charge in [0.05, 0.1) is 10.4 Å². The number of carbonyl (C=O) groups excluding carboxylic acids is 1. The number of aromatic nitrogens is 1. The number of fused-ring (bicyclic) bond motifs is 1. The molecule has 0 aliphatic carbocycles. The van der Waals surface area contributed by atoms with Crippen molar-refractivity contribution in [2.45, 2.75) is 6.04 Å². The quantitative estimate of drug-likeness (QED) is 0.516. The summed E-state index contributed by atoms with van der Waals surface area (Å²) >= 11 is 6.45. The summed E-state index contributed by atoms with van der Waals surface area (Å²) in [6.07, 6.45) is 3.42. The molecule has 3 aromatic rings. The minimum Gasteiger partial charge on any atom is -0.479 e. The van der Waals surface area contributed by atoms with E-state index in [-0.39, 0.29) is 4.32 Å². The van der Waals surface area contributed by atoms with Crippen LogP contribution in [-0.2, 0) is 9.59 Å². The number of amides is 1. The van der Waals surface area contributed by atoms with Crippen molar-refractivity contribution in [3.63, 3.8) is 0 Å². The van der Waals surface area contributed by atoms with Crippen LogP contribution < -0.4 is 0 Å². The molecule has 0 unspecified atom stereocenters. The maximum atomic E-state index is 13.0. The first-order chi connectivity index (χ1) is 13.6. The standard InChI is InChI=1S/C21H14N2O3S2/c24-19-16(12-15-9-4-8-13-10-5-11-22-17(13)15)28-21(27)23(19)18(20(25)26)14-6-2-1-3-7-14/h1-12,18H,(H,25,26)/b16-12-/t18-/m1/s1. The molecule has 1 amide bonds. The van der Waals surface area contributed by atoms with Gasteiger partial charge in [0.15, 0.2) is 6.04 Å². The van der Waals surface area contributed by atoms with Gasteiger partial charge in [-0.05, 0) is 17.7 Å². The third-order valence-electron chi connectivity index (χ3n) is 4.38. The molecule has 1 fully saturated rings. The summed E-state index contributed by atoms with van der Waals surface area (Å²) in [4.78, 5) is 30.9. The number of pyridine rings is 1. The first kappa shape index (κ1) is 18.3. The van der Waals surface area contributed by atoms with Crippen molar-refractivity contribution >= 4 is 57.2 Å². The molecule has 1 atom stereocenters. The van der Waals surface area contributed by atoms with E-state index in [2.05, 4.69) is 4.98 Å². The molecule has 0 radical (unpaired) electrons. The summed E-state index contributed by atoms with van der Waals surface area (Å²) in [7, 11) is 0. The molecule has 1 N–H and O–H groups in total. The van der Waals surface area contributed by atoms with Gasteiger partial charge in [0.1, 0.15) is 4.32 Å². The highest BCUT2D eigenvalue weighted by Gasteiger charge is 2.41. The number of carboxylic acid groups (broad SMARTS) is 1. The monoisotopic (exact) mass is 406 g/mol. The average Bonchev–Trinajstić information content (AvgIpc) is 2.97. The van der Waals surface area contributed by atoms with Gasteiger partial charge < -0.3 is 5.11 Å². The van der Waals surface area contributed by atoms with Crippen molar-refractivity contribution < 1.29 is 14.7 Å². The number of nitrogens with zero attached hydrogens (tertiary/aromatic N) is 2. The van der Waals surface area contributed by atoms with Crippen molar-refractivity contribution in [3.8, 4) is 0 Å². The predicted molar refractivity (Wildman–Crippen MR) is 114 cm³/mol. The number of hydrogen-bond acceptors (Lipinski definition) is 5. The number of thioether (sulfide) groups is 1. The fourth-order valence-electron chi connectivity index (χ4n) is 3.13. The summed E-state index contributed by atoms with van der Waals surface area (Å²) in [5.41, 5.74) is 2.05. The fraction of sp³-hybridized carbons (Fsp3) is 0.0476. The number of carbonyl (C=O) groups is 2. The summed E-state index contributed by atoms with van der Waals surface area (Å²) in [6, 6.07) is 17.0. The van der Waals surface area contributed by atoms with Crippen LogP contribution in [-0.4, -0.2) is 31.2 Å². The van der Waals surface area contributed by atoms with Crippen LogP contribution >= 0.6 is 24.0 Å². The molecule has 1 saturated heterocycles. The van der Waals surface area contributed by atoms with E-state index in [1.165, 1.54) is 4.90 Å². The van der Waals surface area contributed by atoms with Gasteiger partial charge in [-0.2, -0.15) is 0 Å². The van der Waals surface area contributed by atoms with Crippen molar-refractivity contribution in [1.82, 2.24) is 9.88 Å². The van der Waals surface area contributed by atoms with E-state index in [0.717, 1.165) is 28.2 Å². The summed E-state index contributed by atoms with van der Waals surface area (Å²) in [5, 5.41) is 10.7. The second kappa shape index (κ2) is 7.53. The molecule has 1 aliphatic heterocycles. The Morgan fingerprint density at radius 1 is 1.11 bits per heavy atom. The Balaban J connectivity index is 1.74. The lowest BCUT2D eigenvalue weighted by Gasteiger charge is -2.23. The molecular weight excluding hydrogens is 392 g/mol. The normalized spacial score (nSPS) is 16.7. The third-order valence-corrected chi connectivity index (χ3v) is 5.71. The van der Waals surface area contributed by atoms with Crippen LogP contribution in [0.15, 0.2) is 71.8 Å². The topological polar surface area (TPSA) is 70.5 Å². The van der Waals surface area contributed by atoms with Gasteiger partial charge in [-0.25, -0.2) is 4.79 Å². The Kier molecular flexibility index (Phi) is 4.93. The molecule has 0 saturated carbocycles. The summed E-state index contributed by atoms with van der Waals surface area (Å²) in [6.45, 7) is 0. The average molecular weight is 406 g/mol. The van der Waals surface area contributed by atoms with Crippen molar-refractivity contribution in [2.24, 2.45) is 0 Å². The van der Waals surface area contributed by atoms with E-state index >= 15 is 0 Å². The molecule has 7 heteroatoms. The van der Waals surface area contributed by atoms with Gasteiger partial charge >= 0.3 is 5.97 Å². The van der Waals surface area contributed by atoms with Crippen LogP contribution in [0, 0.1) is 0 Å². The van der Waals surface area contributed by atoms with Gasteiger partial charge in [0.2, 0.25) is 0 Å². The first-order valence-corrected chi connectivity index (χ1v) is 9.67. The number of carboxylic acids is 1.